The van der Waals surface area contributed by atoms with E-state index in [0.29, 0.717) is 12.0 Å². The van der Waals surface area contributed by atoms with E-state index in [1.54, 1.807) is 25.1 Å². The van der Waals surface area contributed by atoms with Crippen LogP contribution in [0.1, 0.15) is 31.2 Å². The number of carboxylic acid groups (broad SMARTS) is 1. The molecule has 0 fully saturated rings. The van der Waals surface area contributed by atoms with E-state index >= 15 is 0 Å². The minimum Gasteiger partial charge on any atom is -0.481 e. The van der Waals surface area contributed by atoms with Crippen molar-refractivity contribution < 1.29 is 23.4 Å². The van der Waals surface area contributed by atoms with Gasteiger partial charge in [0.05, 0.1) is 0 Å². The number of halogens is 2. The second-order valence-corrected chi connectivity index (χ2v) is 3.75. The summed E-state index contributed by atoms with van der Waals surface area (Å²) in [6.07, 6.45) is 0.392. The van der Waals surface area contributed by atoms with Crippen molar-refractivity contribution in [3.05, 3.63) is 29.8 Å². The summed E-state index contributed by atoms with van der Waals surface area (Å²) in [6.45, 7) is -1.08. The number of aliphatic carboxylic acids is 1. The minimum atomic E-state index is -2.87. The summed E-state index contributed by atoms with van der Waals surface area (Å²) in [6, 6.07) is 6.44. The maximum atomic E-state index is 12.2. The van der Waals surface area contributed by atoms with Gasteiger partial charge in [-0.15, -0.1) is 0 Å². The molecule has 0 saturated heterocycles. The Bertz CT molecular complexity index is 380. The topological polar surface area (TPSA) is 46.5 Å². The summed E-state index contributed by atoms with van der Waals surface area (Å²) >= 11 is 0. The molecule has 1 rings (SSSR count). The quantitative estimate of drug-likeness (QED) is 0.835. The van der Waals surface area contributed by atoms with Crippen molar-refractivity contribution in [1.82, 2.24) is 0 Å². The molecule has 1 unspecified atom stereocenters. The second kappa shape index (κ2) is 6.18. The summed E-state index contributed by atoms with van der Waals surface area (Å²) < 4.78 is 28.7. The summed E-state index contributed by atoms with van der Waals surface area (Å²) in [7, 11) is 0. The zero-order chi connectivity index (χ0) is 12.8. The Labute approximate surface area is 98.0 Å². The van der Waals surface area contributed by atoms with Crippen LogP contribution in [0, 0.1) is 0 Å². The van der Waals surface area contributed by atoms with Crippen molar-refractivity contribution >= 4 is 5.97 Å². The molecule has 0 aromatic heterocycles. The summed E-state index contributed by atoms with van der Waals surface area (Å²) in [4.78, 5) is 10.4. The molecule has 5 heteroatoms. The number of benzene rings is 1. The molecule has 1 atom stereocenters. The normalized spacial score (nSPS) is 12.5. The van der Waals surface area contributed by atoms with Crippen LogP contribution in [-0.4, -0.2) is 17.7 Å². The standard InChI is InChI=1S/C12H14F2O3/c1-8(6-7-11(15)16)9-4-2-3-5-10(9)17-12(13)14/h2-5,8,12H,6-7H2,1H3,(H,15,16). The van der Waals surface area contributed by atoms with E-state index in [-0.39, 0.29) is 18.1 Å². The molecule has 0 heterocycles. The predicted octanol–water partition coefficient (Wildman–Crippen LogP) is 3.26. The molecule has 0 saturated carbocycles. The highest BCUT2D eigenvalue weighted by atomic mass is 19.3. The van der Waals surface area contributed by atoms with Gasteiger partial charge < -0.3 is 9.84 Å². The number of para-hydroxylation sites is 1. The number of carboxylic acids is 1. The highest BCUT2D eigenvalue weighted by Crippen LogP contribution is 2.30. The van der Waals surface area contributed by atoms with Gasteiger partial charge in [0, 0.05) is 6.42 Å². The van der Waals surface area contributed by atoms with Crippen molar-refractivity contribution in [2.24, 2.45) is 0 Å². The number of alkyl halides is 2. The number of rotatable bonds is 6. The van der Waals surface area contributed by atoms with E-state index in [4.69, 9.17) is 5.11 Å². The maximum absolute atomic E-state index is 12.2. The van der Waals surface area contributed by atoms with Gasteiger partial charge in [-0.05, 0) is 24.0 Å². The van der Waals surface area contributed by atoms with Crippen molar-refractivity contribution in [3.8, 4) is 5.75 Å². The van der Waals surface area contributed by atoms with Crippen LogP contribution < -0.4 is 4.74 Å². The van der Waals surface area contributed by atoms with Crippen molar-refractivity contribution in [1.29, 1.82) is 0 Å². The predicted molar refractivity (Wildman–Crippen MR) is 58.4 cm³/mol. The molecule has 3 nitrogen and oxygen atoms in total. The summed E-state index contributed by atoms with van der Waals surface area (Å²) in [5.74, 6) is -0.925. The first-order chi connectivity index (χ1) is 8.00. The molecule has 1 N–H and O–H groups in total. The fourth-order valence-corrected chi connectivity index (χ4v) is 1.59. The van der Waals surface area contributed by atoms with Crippen molar-refractivity contribution in [2.75, 3.05) is 0 Å². The van der Waals surface area contributed by atoms with E-state index < -0.39 is 12.6 Å². The molecule has 1 aromatic carbocycles. The molecule has 0 aliphatic heterocycles. The Morgan fingerprint density at radius 2 is 2.06 bits per heavy atom. The lowest BCUT2D eigenvalue weighted by Gasteiger charge is -2.15. The molecule has 0 aliphatic rings. The highest BCUT2D eigenvalue weighted by molar-refractivity contribution is 5.66. The van der Waals surface area contributed by atoms with Crippen molar-refractivity contribution in [3.63, 3.8) is 0 Å². The van der Waals surface area contributed by atoms with Crippen LogP contribution >= 0.6 is 0 Å². The van der Waals surface area contributed by atoms with E-state index in [0.717, 1.165) is 0 Å². The first-order valence-corrected chi connectivity index (χ1v) is 5.26. The molecule has 0 bridgehead atoms. The Morgan fingerprint density at radius 1 is 1.41 bits per heavy atom. The lowest BCUT2D eigenvalue weighted by atomic mass is 9.95. The van der Waals surface area contributed by atoms with Gasteiger partial charge in [-0.3, -0.25) is 4.79 Å². The molecule has 94 valence electrons. The van der Waals surface area contributed by atoms with Gasteiger partial charge in [0.1, 0.15) is 5.75 Å². The fourth-order valence-electron chi connectivity index (χ4n) is 1.59. The zero-order valence-corrected chi connectivity index (χ0v) is 9.40. The second-order valence-electron chi connectivity index (χ2n) is 3.75. The Morgan fingerprint density at radius 3 is 2.65 bits per heavy atom. The first kappa shape index (κ1) is 13.4. The lowest BCUT2D eigenvalue weighted by molar-refractivity contribution is -0.137. The molecule has 0 spiro atoms. The highest BCUT2D eigenvalue weighted by Gasteiger charge is 2.15. The first-order valence-electron chi connectivity index (χ1n) is 5.26. The lowest BCUT2D eigenvalue weighted by Crippen LogP contribution is -2.07. The fraction of sp³-hybridized carbons (Fsp3) is 0.417. The molecular formula is C12H14F2O3. The van der Waals surface area contributed by atoms with Gasteiger partial charge in [-0.1, -0.05) is 25.1 Å². The molecule has 17 heavy (non-hydrogen) atoms. The smallest absolute Gasteiger partial charge is 0.387 e. The van der Waals surface area contributed by atoms with E-state index in [1.807, 2.05) is 0 Å². The van der Waals surface area contributed by atoms with Crippen LogP contribution in [0.15, 0.2) is 24.3 Å². The third-order valence-electron chi connectivity index (χ3n) is 2.46. The maximum Gasteiger partial charge on any atom is 0.387 e. The molecule has 0 amide bonds. The molecular weight excluding hydrogens is 230 g/mol. The van der Waals surface area contributed by atoms with Gasteiger partial charge in [-0.2, -0.15) is 8.78 Å². The third kappa shape index (κ3) is 4.38. The third-order valence-corrected chi connectivity index (χ3v) is 2.46. The Hall–Kier alpha value is -1.65. The SMILES string of the molecule is CC(CCC(=O)O)c1ccccc1OC(F)F. The molecule has 1 aromatic rings. The van der Waals surface area contributed by atoms with Crippen LogP contribution in [0.5, 0.6) is 5.75 Å². The number of hydrogen-bond donors (Lipinski definition) is 1. The van der Waals surface area contributed by atoms with Gasteiger partial charge in [-0.25, -0.2) is 0 Å². The van der Waals surface area contributed by atoms with Gasteiger partial charge in [0.25, 0.3) is 0 Å². The van der Waals surface area contributed by atoms with Gasteiger partial charge >= 0.3 is 12.6 Å². The van der Waals surface area contributed by atoms with Crippen LogP contribution in [0.4, 0.5) is 8.78 Å². The zero-order valence-electron chi connectivity index (χ0n) is 9.40. The number of carbonyl (C=O) groups is 1. The average Bonchev–Trinajstić information content (AvgIpc) is 2.25. The Balaban J connectivity index is 2.77. The Kier molecular flexibility index (Phi) is 4.87. The number of ether oxygens (including phenoxy) is 1. The van der Waals surface area contributed by atoms with Crippen LogP contribution in [0.25, 0.3) is 0 Å². The van der Waals surface area contributed by atoms with Gasteiger partial charge in [0.15, 0.2) is 0 Å². The largest absolute Gasteiger partial charge is 0.481 e. The van der Waals surface area contributed by atoms with Crippen LogP contribution in [-0.2, 0) is 4.79 Å². The van der Waals surface area contributed by atoms with E-state index in [2.05, 4.69) is 4.74 Å². The van der Waals surface area contributed by atoms with Gasteiger partial charge in [0.2, 0.25) is 0 Å². The van der Waals surface area contributed by atoms with Crippen LogP contribution in [0.3, 0.4) is 0 Å². The minimum absolute atomic E-state index is 0.00415. The van der Waals surface area contributed by atoms with E-state index in [9.17, 15) is 13.6 Å². The van der Waals surface area contributed by atoms with Crippen molar-refractivity contribution in [2.45, 2.75) is 32.3 Å². The monoisotopic (exact) mass is 244 g/mol. The summed E-state index contributed by atoms with van der Waals surface area (Å²) in [5, 5.41) is 8.57. The molecule has 0 aliphatic carbocycles. The van der Waals surface area contributed by atoms with E-state index in [1.165, 1.54) is 6.07 Å². The summed E-state index contributed by atoms with van der Waals surface area (Å²) in [5.41, 5.74) is 0.606. The average molecular weight is 244 g/mol. The molecule has 0 radical (unpaired) electrons. The van der Waals surface area contributed by atoms with Crippen LogP contribution in [0.2, 0.25) is 0 Å². The number of hydrogen-bond acceptors (Lipinski definition) is 2.